The molecule has 7 heteroatoms. The first-order valence-corrected chi connectivity index (χ1v) is 11.9. The van der Waals surface area contributed by atoms with Crippen molar-refractivity contribution in [2.75, 3.05) is 7.05 Å². The molecule has 168 valence electrons. The van der Waals surface area contributed by atoms with Crippen molar-refractivity contribution in [1.29, 1.82) is 0 Å². The predicted octanol–water partition coefficient (Wildman–Crippen LogP) is 4.58. The van der Waals surface area contributed by atoms with Crippen LogP contribution in [0.2, 0.25) is 0 Å². The van der Waals surface area contributed by atoms with E-state index in [1.807, 2.05) is 18.2 Å². The number of sulfonamides is 1. The first kappa shape index (κ1) is 22.5. The average molecular weight is 461 g/mol. The highest BCUT2D eigenvalue weighted by atomic mass is 32.2. The minimum Gasteiger partial charge on any atom is -0.468 e. The lowest BCUT2D eigenvalue weighted by Gasteiger charge is -2.15. The maximum atomic E-state index is 12.5. The summed E-state index contributed by atoms with van der Waals surface area (Å²) in [5.74, 6) is 0.393. The summed E-state index contributed by atoms with van der Waals surface area (Å²) in [4.78, 5) is 14.3. The molecule has 1 heterocycles. The molecule has 0 aliphatic heterocycles. The van der Waals surface area contributed by atoms with E-state index in [2.05, 4.69) is 29.0 Å². The highest BCUT2D eigenvalue weighted by Gasteiger charge is 2.14. The molecule has 0 fully saturated rings. The molecule has 0 aliphatic carbocycles. The number of amides is 1. The van der Waals surface area contributed by atoms with Crippen molar-refractivity contribution in [2.45, 2.75) is 18.0 Å². The van der Waals surface area contributed by atoms with E-state index < -0.39 is 10.0 Å². The van der Waals surface area contributed by atoms with Gasteiger partial charge < -0.3 is 9.32 Å². The molecule has 0 bridgehead atoms. The van der Waals surface area contributed by atoms with Crippen LogP contribution >= 0.6 is 0 Å². The fraction of sp³-hybridized carbons (Fsp3) is 0.115. The number of carbonyl (C=O) groups excluding carboxylic acids is 1. The molecule has 0 unspecified atom stereocenters. The van der Waals surface area contributed by atoms with E-state index in [4.69, 9.17) is 4.42 Å². The van der Waals surface area contributed by atoms with Crippen LogP contribution in [0.4, 0.5) is 0 Å². The van der Waals surface area contributed by atoms with Gasteiger partial charge in [-0.1, -0.05) is 48.5 Å². The van der Waals surface area contributed by atoms with Crippen LogP contribution in [0.1, 0.15) is 16.9 Å². The van der Waals surface area contributed by atoms with E-state index in [1.165, 1.54) is 24.5 Å². The Hall–Kier alpha value is -3.68. The molecule has 0 radical (unpaired) electrons. The largest absolute Gasteiger partial charge is 0.468 e. The number of furan rings is 1. The summed E-state index contributed by atoms with van der Waals surface area (Å²) in [6.45, 7) is 0.571. The first-order chi connectivity index (χ1) is 15.9. The third-order valence-corrected chi connectivity index (χ3v) is 6.65. The number of hydrogen-bond donors (Lipinski definition) is 1. The van der Waals surface area contributed by atoms with Gasteiger partial charge in [0, 0.05) is 19.7 Å². The van der Waals surface area contributed by atoms with E-state index in [0.717, 1.165) is 21.9 Å². The lowest BCUT2D eigenvalue weighted by molar-refractivity contribution is -0.125. The van der Waals surface area contributed by atoms with Crippen molar-refractivity contribution >= 4 is 32.8 Å². The fourth-order valence-corrected chi connectivity index (χ4v) is 4.40. The van der Waals surface area contributed by atoms with Crippen LogP contribution in [-0.4, -0.2) is 26.3 Å². The molecule has 33 heavy (non-hydrogen) atoms. The van der Waals surface area contributed by atoms with E-state index >= 15 is 0 Å². The van der Waals surface area contributed by atoms with Crippen molar-refractivity contribution in [2.24, 2.45) is 0 Å². The van der Waals surface area contributed by atoms with Gasteiger partial charge >= 0.3 is 0 Å². The van der Waals surface area contributed by atoms with Gasteiger partial charge in [-0.05, 0) is 58.3 Å². The normalized spacial score (nSPS) is 11.8. The molecule has 0 saturated heterocycles. The molecule has 0 atom stereocenters. The lowest BCUT2D eigenvalue weighted by Crippen LogP contribution is -2.24. The average Bonchev–Trinajstić information content (AvgIpc) is 3.35. The van der Waals surface area contributed by atoms with Crippen LogP contribution in [0.5, 0.6) is 0 Å². The zero-order chi connectivity index (χ0) is 23.3. The zero-order valence-electron chi connectivity index (χ0n) is 18.1. The van der Waals surface area contributed by atoms with Gasteiger partial charge in [0.2, 0.25) is 15.9 Å². The van der Waals surface area contributed by atoms with E-state index in [-0.39, 0.29) is 17.3 Å². The van der Waals surface area contributed by atoms with Gasteiger partial charge in [0.15, 0.2) is 0 Å². The lowest BCUT2D eigenvalue weighted by atomic mass is 10.1. The third-order valence-electron chi connectivity index (χ3n) is 5.24. The van der Waals surface area contributed by atoms with Crippen LogP contribution in [-0.2, 0) is 27.9 Å². The van der Waals surface area contributed by atoms with Crippen molar-refractivity contribution < 1.29 is 17.6 Å². The number of likely N-dealkylation sites (N-methyl/N-ethyl adjacent to an activating group) is 1. The second kappa shape index (κ2) is 9.85. The summed E-state index contributed by atoms with van der Waals surface area (Å²) in [7, 11) is -1.91. The quantitative estimate of drug-likeness (QED) is 0.390. The first-order valence-electron chi connectivity index (χ1n) is 10.4. The Labute approximate surface area is 193 Å². The van der Waals surface area contributed by atoms with Crippen LogP contribution in [0.25, 0.3) is 16.8 Å². The Morgan fingerprint density at radius 3 is 2.45 bits per heavy atom. The standard InChI is InChI=1S/C26H24N2O4S/c1-28(19-21-8-12-22-5-2-3-6-23(22)17-21)26(29)15-11-20-9-13-25(14-10-20)33(30,31)27-18-24-7-4-16-32-24/h2-17,27H,18-19H2,1H3/b15-11+. The van der Waals surface area contributed by atoms with Crippen molar-refractivity contribution in [3.63, 3.8) is 0 Å². The number of nitrogens with one attached hydrogen (secondary N) is 1. The molecule has 3 aromatic carbocycles. The second-order valence-corrected chi connectivity index (χ2v) is 9.45. The molecule has 6 nitrogen and oxygen atoms in total. The summed E-state index contributed by atoms with van der Waals surface area (Å²) in [6, 6.07) is 24.0. The van der Waals surface area contributed by atoms with Crippen LogP contribution in [0.15, 0.2) is 101 Å². The van der Waals surface area contributed by atoms with Crippen LogP contribution < -0.4 is 4.72 Å². The van der Waals surface area contributed by atoms with Crippen LogP contribution in [0.3, 0.4) is 0 Å². The van der Waals surface area contributed by atoms with Crippen molar-refractivity contribution in [3.8, 4) is 0 Å². The van der Waals surface area contributed by atoms with Crippen molar-refractivity contribution in [3.05, 3.63) is 108 Å². The van der Waals surface area contributed by atoms with Crippen LogP contribution in [0, 0.1) is 0 Å². The summed E-state index contributed by atoms with van der Waals surface area (Å²) in [5, 5.41) is 2.30. The van der Waals surface area contributed by atoms with Crippen molar-refractivity contribution in [1.82, 2.24) is 9.62 Å². The van der Waals surface area contributed by atoms with E-state index in [1.54, 1.807) is 42.3 Å². The Balaban J connectivity index is 1.35. The zero-order valence-corrected chi connectivity index (χ0v) is 19.0. The number of fused-ring (bicyclic) bond motifs is 1. The number of hydrogen-bond acceptors (Lipinski definition) is 4. The number of carbonyl (C=O) groups is 1. The summed E-state index contributed by atoms with van der Waals surface area (Å²) < 4.78 is 32.5. The predicted molar refractivity (Wildman–Crippen MR) is 129 cm³/mol. The Morgan fingerprint density at radius 2 is 1.73 bits per heavy atom. The van der Waals surface area contributed by atoms with Gasteiger partial charge in [0.05, 0.1) is 17.7 Å². The van der Waals surface area contributed by atoms with E-state index in [0.29, 0.717) is 12.3 Å². The molecular weight excluding hydrogens is 436 g/mol. The Morgan fingerprint density at radius 1 is 0.970 bits per heavy atom. The topological polar surface area (TPSA) is 79.6 Å². The maximum absolute atomic E-state index is 12.5. The van der Waals surface area contributed by atoms with Gasteiger partial charge in [-0.2, -0.15) is 0 Å². The molecule has 0 spiro atoms. The maximum Gasteiger partial charge on any atom is 0.246 e. The highest BCUT2D eigenvalue weighted by molar-refractivity contribution is 7.89. The number of rotatable bonds is 8. The van der Waals surface area contributed by atoms with Gasteiger partial charge in [0.25, 0.3) is 0 Å². The summed E-state index contributed by atoms with van der Waals surface area (Å²) in [5.41, 5.74) is 1.78. The third kappa shape index (κ3) is 5.77. The molecular formula is C26H24N2O4S. The molecule has 1 amide bonds. The Bertz CT molecular complexity index is 1380. The minimum atomic E-state index is -3.66. The second-order valence-electron chi connectivity index (χ2n) is 7.68. The molecule has 4 rings (SSSR count). The monoisotopic (exact) mass is 460 g/mol. The SMILES string of the molecule is CN(Cc1ccc2ccccc2c1)C(=O)/C=C/c1ccc(S(=O)(=O)NCc2ccco2)cc1. The molecule has 1 aromatic heterocycles. The number of nitrogens with zero attached hydrogens (tertiary/aromatic N) is 1. The van der Waals surface area contributed by atoms with Gasteiger partial charge in [-0.25, -0.2) is 13.1 Å². The minimum absolute atomic E-state index is 0.0784. The molecule has 0 saturated carbocycles. The molecule has 4 aromatic rings. The summed E-state index contributed by atoms with van der Waals surface area (Å²) >= 11 is 0. The summed E-state index contributed by atoms with van der Waals surface area (Å²) in [6.07, 6.45) is 4.65. The number of benzene rings is 3. The highest BCUT2D eigenvalue weighted by Crippen LogP contribution is 2.17. The van der Waals surface area contributed by atoms with Gasteiger partial charge in [-0.3, -0.25) is 4.79 Å². The molecule has 0 aliphatic rings. The van der Waals surface area contributed by atoms with E-state index in [9.17, 15) is 13.2 Å². The smallest absolute Gasteiger partial charge is 0.246 e. The van der Waals surface area contributed by atoms with Gasteiger partial charge in [0.1, 0.15) is 5.76 Å². The van der Waals surface area contributed by atoms with Gasteiger partial charge in [-0.15, -0.1) is 0 Å². The Kier molecular flexibility index (Phi) is 6.72. The fourth-order valence-electron chi connectivity index (χ4n) is 3.40. The molecule has 1 N–H and O–H groups in total.